The van der Waals surface area contributed by atoms with Crippen molar-refractivity contribution in [1.29, 1.82) is 0 Å². The molecule has 0 spiro atoms. The number of aryl methyl sites for hydroxylation is 1. The number of nitrogens with one attached hydrogen (secondary N) is 2. The van der Waals surface area contributed by atoms with E-state index >= 15 is 0 Å². The van der Waals surface area contributed by atoms with E-state index in [1.165, 1.54) is 37.4 Å². The lowest BCUT2D eigenvalue weighted by Gasteiger charge is -2.17. The zero-order chi connectivity index (χ0) is 26.5. The first-order valence-corrected chi connectivity index (χ1v) is 11.2. The van der Waals surface area contributed by atoms with Crippen LogP contribution in [-0.2, 0) is 4.79 Å². The third-order valence-corrected chi connectivity index (χ3v) is 5.61. The molecule has 0 saturated carbocycles. The molecule has 0 aliphatic carbocycles. The number of nitrogens with zero attached hydrogens (tertiary/aromatic N) is 2. The van der Waals surface area contributed by atoms with Crippen molar-refractivity contribution in [3.63, 3.8) is 0 Å². The summed E-state index contributed by atoms with van der Waals surface area (Å²) in [6.07, 6.45) is 1.53. The summed E-state index contributed by atoms with van der Waals surface area (Å²) in [5.74, 6) is -0.708. The molecule has 0 radical (unpaired) electrons. The van der Waals surface area contributed by atoms with Gasteiger partial charge in [-0.2, -0.15) is 0 Å². The summed E-state index contributed by atoms with van der Waals surface area (Å²) >= 11 is 0. The number of rotatable bonds is 8. The Bertz CT molecular complexity index is 1500. The molecule has 2 amide bonds. The van der Waals surface area contributed by atoms with Crippen LogP contribution in [0.2, 0.25) is 0 Å². The van der Waals surface area contributed by atoms with Gasteiger partial charge in [0.15, 0.2) is 5.78 Å². The van der Waals surface area contributed by atoms with Gasteiger partial charge in [0.05, 0.1) is 24.9 Å². The lowest BCUT2D eigenvalue weighted by molar-refractivity contribution is -0.115. The van der Waals surface area contributed by atoms with E-state index in [0.717, 1.165) is 11.5 Å². The molecule has 188 valence electrons. The van der Waals surface area contributed by atoms with Gasteiger partial charge < -0.3 is 19.7 Å². The molecule has 3 aromatic carbocycles. The number of hydrogen-bond donors (Lipinski definition) is 3. The van der Waals surface area contributed by atoms with E-state index in [0.29, 0.717) is 11.1 Å². The van der Waals surface area contributed by atoms with Crippen molar-refractivity contribution >= 4 is 29.2 Å². The van der Waals surface area contributed by atoms with Gasteiger partial charge in [-0.3, -0.25) is 14.9 Å². The lowest BCUT2D eigenvalue weighted by Crippen LogP contribution is -2.19. The molecule has 0 aliphatic heterocycles. The topological polar surface area (TPSA) is 123 Å². The first kappa shape index (κ1) is 25.1. The van der Waals surface area contributed by atoms with E-state index in [-0.39, 0.29) is 22.7 Å². The molecule has 1 aromatic heterocycles. The summed E-state index contributed by atoms with van der Waals surface area (Å²) in [7, 11) is 1.36. The van der Waals surface area contributed by atoms with Crippen molar-refractivity contribution in [3.8, 4) is 22.6 Å². The van der Waals surface area contributed by atoms with Gasteiger partial charge in [-0.25, -0.2) is 14.2 Å². The van der Waals surface area contributed by atoms with Crippen LogP contribution in [0.15, 0.2) is 73.1 Å². The summed E-state index contributed by atoms with van der Waals surface area (Å²) in [6, 6.07) is 15.5. The number of carbonyl (C=O) groups is 3. The number of Topliss-reactive ketones (excluding diaryl/α,β-unsaturated/α-hetero) is 1. The molecule has 0 fully saturated rings. The van der Waals surface area contributed by atoms with E-state index in [2.05, 4.69) is 15.6 Å². The summed E-state index contributed by atoms with van der Waals surface area (Å²) in [4.78, 5) is 41.2. The monoisotopic (exact) mass is 502 g/mol. The number of ketones is 1. The Labute approximate surface area is 211 Å². The minimum atomic E-state index is -1.38. The second-order valence-corrected chi connectivity index (χ2v) is 8.05. The average Bonchev–Trinajstić information content (AvgIpc) is 3.30. The number of anilines is 2. The Morgan fingerprint density at radius 2 is 1.76 bits per heavy atom. The summed E-state index contributed by atoms with van der Waals surface area (Å²) in [5, 5.41) is 14.0. The van der Waals surface area contributed by atoms with E-state index < -0.39 is 30.0 Å². The number of ether oxygens (including phenoxy) is 1. The molecule has 0 atom stereocenters. The van der Waals surface area contributed by atoms with Crippen LogP contribution in [0.3, 0.4) is 0 Å². The highest BCUT2D eigenvalue weighted by Crippen LogP contribution is 2.39. The number of carboxylic acid groups (broad SMARTS) is 1. The smallest absolute Gasteiger partial charge is 0.409 e. The lowest BCUT2D eigenvalue weighted by atomic mass is 10.0. The highest BCUT2D eigenvalue weighted by atomic mass is 19.1. The Kier molecular flexibility index (Phi) is 7.28. The predicted octanol–water partition coefficient (Wildman–Crippen LogP) is 5.30. The fraction of sp³-hybridized carbons (Fsp3) is 0.111. The van der Waals surface area contributed by atoms with Crippen molar-refractivity contribution in [2.24, 2.45) is 0 Å². The van der Waals surface area contributed by atoms with Crippen molar-refractivity contribution in [3.05, 3.63) is 90.3 Å². The molecule has 0 bridgehead atoms. The third kappa shape index (κ3) is 5.64. The van der Waals surface area contributed by atoms with Crippen LogP contribution >= 0.6 is 0 Å². The van der Waals surface area contributed by atoms with Gasteiger partial charge in [-0.05, 0) is 31.2 Å². The minimum Gasteiger partial charge on any atom is -0.496 e. The maximum Gasteiger partial charge on any atom is 0.409 e. The van der Waals surface area contributed by atoms with Gasteiger partial charge in [0.25, 0.3) is 0 Å². The molecule has 3 N–H and O–H groups in total. The number of methoxy groups -OCH3 is 1. The maximum absolute atomic E-state index is 14.5. The zero-order valence-corrected chi connectivity index (χ0v) is 20.0. The number of carbonyl (C=O) groups excluding carboxylic acids is 2. The second kappa shape index (κ2) is 10.7. The minimum absolute atomic E-state index is 0.00261. The molecule has 37 heavy (non-hydrogen) atoms. The molecule has 4 aromatic rings. The van der Waals surface area contributed by atoms with E-state index in [1.807, 2.05) is 17.6 Å². The van der Waals surface area contributed by atoms with Crippen LogP contribution in [-0.4, -0.2) is 39.6 Å². The Hall–Kier alpha value is -4.99. The Morgan fingerprint density at radius 1 is 1.00 bits per heavy atom. The number of halogens is 1. The van der Waals surface area contributed by atoms with Gasteiger partial charge in [-0.1, -0.05) is 30.3 Å². The molecular formula is C27H23FN4O5. The Morgan fingerprint density at radius 3 is 2.43 bits per heavy atom. The summed E-state index contributed by atoms with van der Waals surface area (Å²) in [6.45, 7) is 1.83. The highest BCUT2D eigenvalue weighted by Gasteiger charge is 2.19. The molecule has 0 saturated heterocycles. The van der Waals surface area contributed by atoms with E-state index in [4.69, 9.17) is 4.74 Å². The highest BCUT2D eigenvalue weighted by molar-refractivity contribution is 6.12. The van der Waals surface area contributed by atoms with Crippen molar-refractivity contribution < 1.29 is 28.6 Å². The SMILES string of the molecule is COc1cc(NC(=O)O)c(NC(=O)CC(=O)c2cccc(-n3ccnc3C)c2)cc1-c1ccccc1F. The van der Waals surface area contributed by atoms with E-state index in [1.54, 1.807) is 36.7 Å². The molecule has 0 unspecified atom stereocenters. The summed E-state index contributed by atoms with van der Waals surface area (Å²) < 4.78 is 21.7. The van der Waals surface area contributed by atoms with Gasteiger partial charge in [0, 0.05) is 40.8 Å². The standard InChI is InChI=1S/C27H23FN4O5/c1-16-29-10-11-32(16)18-7-5-6-17(12-18)24(33)15-26(34)30-22-13-20(19-8-3-4-9-21(19)28)25(37-2)14-23(22)31-27(35)36/h3-14,31H,15H2,1-2H3,(H,30,34)(H,35,36). The van der Waals surface area contributed by atoms with Crippen LogP contribution in [0.1, 0.15) is 22.6 Å². The number of imidazole rings is 1. The van der Waals surface area contributed by atoms with Crippen LogP contribution in [0.25, 0.3) is 16.8 Å². The third-order valence-electron chi connectivity index (χ3n) is 5.61. The number of hydrogen-bond acceptors (Lipinski definition) is 5. The summed E-state index contributed by atoms with van der Waals surface area (Å²) in [5.41, 5.74) is 1.58. The van der Waals surface area contributed by atoms with Gasteiger partial charge in [0.1, 0.15) is 17.4 Å². The number of benzene rings is 3. The largest absolute Gasteiger partial charge is 0.496 e. The average molecular weight is 503 g/mol. The van der Waals surface area contributed by atoms with E-state index in [9.17, 15) is 23.9 Å². The molecule has 0 aliphatic rings. The zero-order valence-electron chi connectivity index (χ0n) is 20.0. The quantitative estimate of drug-likeness (QED) is 0.222. The molecule has 1 heterocycles. The van der Waals surface area contributed by atoms with Crippen molar-refractivity contribution in [1.82, 2.24) is 9.55 Å². The Balaban J connectivity index is 1.61. The van der Waals surface area contributed by atoms with Crippen LogP contribution < -0.4 is 15.4 Å². The van der Waals surface area contributed by atoms with Gasteiger partial charge >= 0.3 is 6.09 Å². The second-order valence-electron chi connectivity index (χ2n) is 8.05. The normalized spacial score (nSPS) is 10.6. The van der Waals surface area contributed by atoms with Crippen molar-refractivity contribution in [2.75, 3.05) is 17.7 Å². The molecule has 4 rings (SSSR count). The van der Waals surface area contributed by atoms with Crippen molar-refractivity contribution in [2.45, 2.75) is 13.3 Å². The van der Waals surface area contributed by atoms with Crippen LogP contribution in [0.4, 0.5) is 20.6 Å². The number of aromatic nitrogens is 2. The van der Waals surface area contributed by atoms with Crippen LogP contribution in [0, 0.1) is 12.7 Å². The predicted molar refractivity (Wildman–Crippen MR) is 136 cm³/mol. The fourth-order valence-corrected chi connectivity index (χ4v) is 3.88. The van der Waals surface area contributed by atoms with Gasteiger partial charge in [0.2, 0.25) is 5.91 Å². The molecule has 9 nitrogen and oxygen atoms in total. The first-order valence-electron chi connectivity index (χ1n) is 11.2. The molecule has 10 heteroatoms. The fourth-order valence-electron chi connectivity index (χ4n) is 3.88. The number of amides is 2. The maximum atomic E-state index is 14.5. The van der Waals surface area contributed by atoms with Crippen LogP contribution in [0.5, 0.6) is 5.75 Å². The first-order chi connectivity index (χ1) is 17.8. The molecular weight excluding hydrogens is 479 g/mol. The van der Waals surface area contributed by atoms with Gasteiger partial charge in [-0.15, -0.1) is 0 Å².